The molecule has 2 fully saturated rings. The monoisotopic (exact) mass is 1180 g/mol. The Labute approximate surface area is 506 Å². The summed E-state index contributed by atoms with van der Waals surface area (Å²) in [6, 6.07) is -0.956. The van der Waals surface area contributed by atoms with E-state index in [1.165, 1.54) is 57.8 Å². The topological polar surface area (TPSA) is 228 Å². The van der Waals surface area contributed by atoms with E-state index in [4.69, 9.17) is 18.9 Å². The number of nitrogens with one attached hydrogen (secondary N) is 1. The summed E-state index contributed by atoms with van der Waals surface area (Å²) in [6.45, 7) is 2.62. The van der Waals surface area contributed by atoms with Gasteiger partial charge in [0.2, 0.25) is 5.91 Å². The normalized spacial score (nSPS) is 24.7. The smallest absolute Gasteiger partial charge is 0.220 e. The summed E-state index contributed by atoms with van der Waals surface area (Å²) in [7, 11) is 0. The molecule has 2 aliphatic heterocycles. The first-order valence-electron chi connectivity index (χ1n) is 32.1. The van der Waals surface area contributed by atoms with Crippen molar-refractivity contribution in [1.82, 2.24) is 5.32 Å². The first kappa shape index (κ1) is 76.0. The fourth-order valence-electron chi connectivity index (χ4n) is 9.39. The van der Waals surface area contributed by atoms with Gasteiger partial charge in [-0.1, -0.05) is 224 Å². The molecule has 12 unspecified atom stereocenters. The molecule has 2 heterocycles. The van der Waals surface area contributed by atoms with Crippen LogP contribution in [0.4, 0.5) is 0 Å². The van der Waals surface area contributed by atoms with Crippen molar-refractivity contribution >= 4 is 5.91 Å². The number of rotatable bonds is 49. The molecule has 0 saturated carbocycles. The molecule has 84 heavy (non-hydrogen) atoms. The average molecular weight is 1180 g/mol. The molecular weight excluding hydrogens is 1060 g/mol. The van der Waals surface area contributed by atoms with Gasteiger partial charge in [0.25, 0.3) is 0 Å². The van der Waals surface area contributed by atoms with Crippen molar-refractivity contribution in [1.29, 1.82) is 0 Å². The van der Waals surface area contributed by atoms with Gasteiger partial charge in [0, 0.05) is 6.42 Å². The summed E-state index contributed by atoms with van der Waals surface area (Å²) in [5, 5.41) is 87.1. The van der Waals surface area contributed by atoms with Crippen molar-refractivity contribution in [2.75, 3.05) is 19.8 Å². The lowest BCUT2D eigenvalue weighted by Gasteiger charge is -2.46. The standard InChI is InChI=1S/C70H113NO13/c1-3-5-7-9-11-13-15-17-19-20-21-22-23-24-25-26-27-28-29-30-31-32-33-34-35-36-37-38-40-42-44-46-48-50-52-54-62(75)71-58(59(74)53-51-49-47-45-43-41-39-18-16-14-12-10-8-6-4-2)57-81-69-67(80)65(78)68(61(56-73)83-69)84-70-66(79)64(77)63(76)60(55-72)82-70/h5,7,11,13,17,19,21-22,24-25,27-28,30-31,33-34,36-37,40,42-43,45,51,53,58-61,63-70,72-74,76-80H,3-4,6,8-10,12,14-16,18,20,23,26,29,32,35,38-39,41,44,46-50,52,54-57H2,1-2H3,(H,71,75)/b7-5-,13-11-,19-17-,22-21-,25-24-,28-27-,31-30-,34-33-,37-36-,42-40-,45-43+,53-51+. The fraction of sp³-hybridized carbons (Fsp3) is 0.643. The van der Waals surface area contributed by atoms with Gasteiger partial charge >= 0.3 is 0 Å². The van der Waals surface area contributed by atoms with Gasteiger partial charge in [-0.05, 0) is 109 Å². The minimum absolute atomic E-state index is 0.233. The zero-order valence-corrected chi connectivity index (χ0v) is 51.3. The average Bonchev–Trinajstić information content (AvgIpc) is 3.23. The molecule has 0 aromatic heterocycles. The van der Waals surface area contributed by atoms with Crippen LogP contribution in [-0.2, 0) is 23.7 Å². The van der Waals surface area contributed by atoms with Crippen molar-refractivity contribution in [3.8, 4) is 0 Å². The zero-order chi connectivity index (χ0) is 60.9. The first-order valence-corrected chi connectivity index (χ1v) is 32.1. The van der Waals surface area contributed by atoms with Gasteiger partial charge in [-0.15, -0.1) is 0 Å². The SMILES string of the molecule is CC/C=C\C/C=C\C/C=C\C/C=C\C/C=C\C/C=C\C/C=C\C/C=C\C/C=C\C/C=C\CCCCCCC(=O)NC(COC1OC(CO)C(OC2OC(CO)C(O)C(O)C2O)C(O)C1O)C(O)/C=C/CC/C=C/CCCCCCCCCCC. The van der Waals surface area contributed by atoms with Crippen LogP contribution in [0, 0.1) is 0 Å². The highest BCUT2D eigenvalue weighted by Gasteiger charge is 2.51. The number of aliphatic hydroxyl groups excluding tert-OH is 8. The fourth-order valence-corrected chi connectivity index (χ4v) is 9.39. The Kier molecular flexibility index (Phi) is 48.1. The van der Waals surface area contributed by atoms with Crippen LogP contribution in [0.2, 0.25) is 0 Å². The first-order chi connectivity index (χ1) is 41.1. The van der Waals surface area contributed by atoms with E-state index >= 15 is 0 Å². The van der Waals surface area contributed by atoms with E-state index in [9.17, 15) is 45.6 Å². The summed E-state index contributed by atoms with van der Waals surface area (Å²) >= 11 is 0. The largest absolute Gasteiger partial charge is 0.394 e. The van der Waals surface area contributed by atoms with Crippen LogP contribution in [0.1, 0.15) is 194 Å². The molecule has 2 rings (SSSR count). The molecule has 1 amide bonds. The van der Waals surface area contributed by atoms with Crippen LogP contribution in [0.15, 0.2) is 146 Å². The molecular formula is C70H113NO13. The van der Waals surface area contributed by atoms with E-state index in [0.29, 0.717) is 12.8 Å². The van der Waals surface area contributed by atoms with Crippen molar-refractivity contribution < 1.29 is 64.6 Å². The summed E-state index contributed by atoms with van der Waals surface area (Å²) in [5.41, 5.74) is 0. The quantitative estimate of drug-likeness (QED) is 0.0204. The number of hydrogen-bond acceptors (Lipinski definition) is 13. The second kappa shape index (κ2) is 53.1. The van der Waals surface area contributed by atoms with Crippen molar-refractivity contribution in [2.24, 2.45) is 0 Å². The number of carbonyl (C=O) groups is 1. The van der Waals surface area contributed by atoms with Gasteiger partial charge in [0.1, 0.15) is 48.8 Å². The Morgan fingerprint density at radius 3 is 1.31 bits per heavy atom. The Hall–Kier alpha value is -4.13. The Morgan fingerprint density at radius 1 is 0.440 bits per heavy atom. The van der Waals surface area contributed by atoms with E-state index in [0.717, 1.165) is 103 Å². The highest BCUT2D eigenvalue weighted by Crippen LogP contribution is 2.30. The minimum Gasteiger partial charge on any atom is -0.394 e. The lowest BCUT2D eigenvalue weighted by Crippen LogP contribution is -2.65. The highest BCUT2D eigenvalue weighted by molar-refractivity contribution is 5.76. The van der Waals surface area contributed by atoms with Crippen LogP contribution in [0.3, 0.4) is 0 Å². The third kappa shape index (κ3) is 37.4. The molecule has 0 aliphatic carbocycles. The summed E-state index contributed by atoms with van der Waals surface area (Å²) in [4.78, 5) is 13.3. The molecule has 14 nitrogen and oxygen atoms in total. The summed E-state index contributed by atoms with van der Waals surface area (Å²) in [5.74, 6) is -0.281. The molecule has 0 aromatic carbocycles. The van der Waals surface area contributed by atoms with Crippen molar-refractivity contribution in [3.05, 3.63) is 146 Å². The number of amides is 1. The molecule has 0 bridgehead atoms. The van der Waals surface area contributed by atoms with Crippen LogP contribution in [-0.4, -0.2) is 140 Å². The van der Waals surface area contributed by atoms with Gasteiger partial charge in [0.05, 0.1) is 32.0 Å². The second-order valence-corrected chi connectivity index (χ2v) is 21.8. The predicted molar refractivity (Wildman–Crippen MR) is 341 cm³/mol. The van der Waals surface area contributed by atoms with E-state index < -0.39 is 86.8 Å². The summed E-state index contributed by atoms with van der Waals surface area (Å²) < 4.78 is 22.7. The molecule has 0 spiro atoms. The van der Waals surface area contributed by atoms with E-state index in [2.05, 4.69) is 153 Å². The lowest BCUT2D eigenvalue weighted by molar-refractivity contribution is -0.359. The molecule has 2 aliphatic rings. The number of aliphatic hydroxyl groups is 8. The number of unbranched alkanes of at least 4 members (excludes halogenated alkanes) is 14. The minimum atomic E-state index is -1.80. The zero-order valence-electron chi connectivity index (χ0n) is 51.3. The van der Waals surface area contributed by atoms with Gasteiger partial charge in [-0.2, -0.15) is 0 Å². The Bertz CT molecular complexity index is 1970. The number of carbonyl (C=O) groups excluding carboxylic acids is 1. The predicted octanol–water partition coefficient (Wildman–Crippen LogP) is 12.1. The molecule has 12 atom stereocenters. The Balaban J connectivity index is 1.72. The van der Waals surface area contributed by atoms with Crippen LogP contribution >= 0.6 is 0 Å². The third-order valence-corrected chi connectivity index (χ3v) is 14.5. The van der Waals surface area contributed by atoms with Crippen LogP contribution in [0.25, 0.3) is 0 Å². The summed E-state index contributed by atoms with van der Waals surface area (Å²) in [6.07, 6.45) is 63.2. The lowest BCUT2D eigenvalue weighted by atomic mass is 9.97. The van der Waals surface area contributed by atoms with E-state index in [1.807, 2.05) is 6.08 Å². The molecule has 476 valence electrons. The van der Waals surface area contributed by atoms with Gasteiger partial charge in [-0.3, -0.25) is 4.79 Å². The van der Waals surface area contributed by atoms with Gasteiger partial charge < -0.3 is 65.1 Å². The third-order valence-electron chi connectivity index (χ3n) is 14.5. The van der Waals surface area contributed by atoms with Crippen LogP contribution < -0.4 is 5.32 Å². The molecule has 9 N–H and O–H groups in total. The maximum atomic E-state index is 13.3. The number of allylic oxidation sites excluding steroid dienone is 23. The molecule has 0 aromatic rings. The number of hydrogen-bond donors (Lipinski definition) is 9. The van der Waals surface area contributed by atoms with Gasteiger partial charge in [0.15, 0.2) is 12.6 Å². The maximum absolute atomic E-state index is 13.3. The maximum Gasteiger partial charge on any atom is 0.220 e. The van der Waals surface area contributed by atoms with Crippen LogP contribution in [0.5, 0.6) is 0 Å². The molecule has 14 heteroatoms. The van der Waals surface area contributed by atoms with Crippen molar-refractivity contribution in [2.45, 2.75) is 267 Å². The molecule has 0 radical (unpaired) electrons. The van der Waals surface area contributed by atoms with Crippen molar-refractivity contribution in [3.63, 3.8) is 0 Å². The second-order valence-electron chi connectivity index (χ2n) is 21.8. The van der Waals surface area contributed by atoms with Gasteiger partial charge in [-0.25, -0.2) is 0 Å². The Morgan fingerprint density at radius 2 is 0.833 bits per heavy atom. The molecule has 2 saturated heterocycles. The van der Waals surface area contributed by atoms with E-state index in [1.54, 1.807) is 6.08 Å². The number of ether oxygens (including phenoxy) is 4. The van der Waals surface area contributed by atoms with E-state index in [-0.39, 0.29) is 18.9 Å². The highest BCUT2D eigenvalue weighted by atomic mass is 16.7.